The third-order valence-electron chi connectivity index (χ3n) is 5.22. The van der Waals surface area contributed by atoms with Gasteiger partial charge >= 0.3 is 0 Å². The summed E-state index contributed by atoms with van der Waals surface area (Å²) in [5, 5.41) is 0. The molecule has 1 heterocycles. The molecule has 7 nitrogen and oxygen atoms in total. The summed E-state index contributed by atoms with van der Waals surface area (Å²) in [4.78, 5) is 2.48. The molecular weight excluding hydrogens is 386 g/mol. The maximum absolute atomic E-state index is 12.5. The van der Waals surface area contributed by atoms with Crippen molar-refractivity contribution >= 4 is 20.0 Å². The molecule has 0 bridgehead atoms. The third-order valence-corrected chi connectivity index (χ3v) is 8.20. The Kier molecular flexibility index (Phi) is 6.27. The van der Waals surface area contributed by atoms with Gasteiger partial charge in [-0.05, 0) is 69.3 Å². The van der Waals surface area contributed by atoms with Crippen LogP contribution in [0.4, 0.5) is 0 Å². The lowest BCUT2D eigenvalue weighted by Crippen LogP contribution is -2.46. The summed E-state index contributed by atoms with van der Waals surface area (Å²) in [6.45, 7) is 6.56. The molecule has 1 aliphatic carbocycles. The Bertz CT molecular complexity index is 849. The van der Waals surface area contributed by atoms with E-state index in [2.05, 4.69) is 21.3 Å². The zero-order valence-corrected chi connectivity index (χ0v) is 17.5. The van der Waals surface area contributed by atoms with E-state index < -0.39 is 20.0 Å². The summed E-state index contributed by atoms with van der Waals surface area (Å²) in [7, 11) is -7.25. The number of hydrogen-bond acceptors (Lipinski definition) is 5. The first-order valence-electron chi connectivity index (χ1n) is 9.53. The number of rotatable bonds is 8. The van der Waals surface area contributed by atoms with Crippen LogP contribution in [0.15, 0.2) is 34.1 Å². The smallest absolute Gasteiger partial charge is 0.240 e. The number of nitrogens with zero attached hydrogens (tertiary/aromatic N) is 1. The topological polar surface area (TPSA) is 95.6 Å². The zero-order chi connectivity index (χ0) is 19.7. The minimum atomic E-state index is -3.67. The maximum Gasteiger partial charge on any atom is 0.240 e. The van der Waals surface area contributed by atoms with Gasteiger partial charge in [0, 0.05) is 25.2 Å². The van der Waals surface area contributed by atoms with Crippen LogP contribution in [0, 0.1) is 5.92 Å². The van der Waals surface area contributed by atoms with Crippen LogP contribution in [0.3, 0.4) is 0 Å². The molecule has 0 spiro atoms. The molecule has 1 aromatic rings. The fourth-order valence-electron chi connectivity index (χ4n) is 3.36. The van der Waals surface area contributed by atoms with Gasteiger partial charge in [-0.15, -0.1) is 0 Å². The molecule has 27 heavy (non-hydrogen) atoms. The SMILES string of the molecule is CC1CCCN(C(C)CNS(=O)(=O)c2ccc(S(=O)(=O)NC3CC3)cc2)C1. The highest BCUT2D eigenvalue weighted by Gasteiger charge is 2.28. The van der Waals surface area contributed by atoms with E-state index >= 15 is 0 Å². The first-order chi connectivity index (χ1) is 12.7. The van der Waals surface area contributed by atoms with Gasteiger partial charge in [0.15, 0.2) is 0 Å². The van der Waals surface area contributed by atoms with Gasteiger partial charge in [-0.1, -0.05) is 6.92 Å². The van der Waals surface area contributed by atoms with Crippen LogP contribution in [0.2, 0.25) is 0 Å². The Morgan fingerprint density at radius 1 is 1.04 bits per heavy atom. The monoisotopic (exact) mass is 415 g/mol. The predicted octanol–water partition coefficient (Wildman–Crippen LogP) is 1.53. The third kappa shape index (κ3) is 5.51. The van der Waals surface area contributed by atoms with Gasteiger partial charge in [-0.25, -0.2) is 26.3 Å². The summed E-state index contributed by atoms with van der Waals surface area (Å²) >= 11 is 0. The molecule has 0 amide bonds. The lowest BCUT2D eigenvalue weighted by atomic mass is 9.99. The Hall–Kier alpha value is -1.00. The minimum Gasteiger partial charge on any atom is -0.299 e. The molecule has 3 rings (SSSR count). The minimum absolute atomic E-state index is 0.0130. The summed E-state index contributed by atoms with van der Waals surface area (Å²) < 4.78 is 54.7. The quantitative estimate of drug-likeness (QED) is 0.671. The molecule has 1 saturated heterocycles. The van der Waals surface area contributed by atoms with Gasteiger partial charge in [0.1, 0.15) is 0 Å². The average Bonchev–Trinajstić information content (AvgIpc) is 3.43. The molecule has 1 saturated carbocycles. The van der Waals surface area contributed by atoms with Gasteiger partial charge in [0.05, 0.1) is 9.79 Å². The second-order valence-electron chi connectivity index (χ2n) is 7.81. The van der Waals surface area contributed by atoms with Gasteiger partial charge < -0.3 is 0 Å². The van der Waals surface area contributed by atoms with Crippen molar-refractivity contribution in [3.8, 4) is 0 Å². The standard InChI is InChI=1S/C18H29N3O4S2/c1-14-4-3-11-21(13-14)15(2)12-19-26(22,23)17-7-9-18(10-8-17)27(24,25)20-16-5-6-16/h7-10,14-16,19-20H,3-6,11-13H2,1-2H3. The Morgan fingerprint density at radius 3 is 2.19 bits per heavy atom. The van der Waals surface area contributed by atoms with Gasteiger partial charge in [0.2, 0.25) is 20.0 Å². The second-order valence-corrected chi connectivity index (χ2v) is 11.3. The summed E-state index contributed by atoms with van der Waals surface area (Å²) in [5.41, 5.74) is 0. The molecule has 0 aromatic heterocycles. The highest BCUT2D eigenvalue weighted by Crippen LogP contribution is 2.23. The number of piperidine rings is 1. The molecule has 0 radical (unpaired) electrons. The molecular formula is C18H29N3O4S2. The molecule has 2 aliphatic rings. The average molecular weight is 416 g/mol. The number of nitrogens with one attached hydrogen (secondary N) is 2. The van der Waals surface area contributed by atoms with Crippen LogP contribution >= 0.6 is 0 Å². The van der Waals surface area contributed by atoms with E-state index in [1.165, 1.54) is 30.7 Å². The van der Waals surface area contributed by atoms with E-state index in [1.54, 1.807) is 0 Å². The van der Waals surface area contributed by atoms with Crippen molar-refractivity contribution in [1.29, 1.82) is 0 Å². The fourth-order valence-corrected chi connectivity index (χ4v) is 5.78. The number of sulfonamides is 2. The first-order valence-corrected chi connectivity index (χ1v) is 12.5. The van der Waals surface area contributed by atoms with E-state index in [0.29, 0.717) is 12.5 Å². The predicted molar refractivity (Wildman–Crippen MR) is 104 cm³/mol. The summed E-state index contributed by atoms with van der Waals surface area (Å²) in [6.07, 6.45) is 4.07. The van der Waals surface area contributed by atoms with Crippen molar-refractivity contribution < 1.29 is 16.8 Å². The van der Waals surface area contributed by atoms with Crippen molar-refractivity contribution in [2.45, 2.75) is 61.4 Å². The molecule has 152 valence electrons. The Labute approximate surface area is 162 Å². The van der Waals surface area contributed by atoms with Gasteiger partial charge in [-0.3, -0.25) is 4.90 Å². The van der Waals surface area contributed by atoms with Crippen LogP contribution in [0.25, 0.3) is 0 Å². The van der Waals surface area contributed by atoms with Gasteiger partial charge in [0.25, 0.3) is 0 Å². The van der Waals surface area contributed by atoms with Crippen molar-refractivity contribution in [3.05, 3.63) is 24.3 Å². The number of hydrogen-bond donors (Lipinski definition) is 2. The van der Waals surface area contributed by atoms with E-state index in [1.807, 2.05) is 6.92 Å². The molecule has 2 unspecified atom stereocenters. The Balaban J connectivity index is 1.60. The molecule has 1 aromatic carbocycles. The lowest BCUT2D eigenvalue weighted by molar-refractivity contribution is 0.140. The maximum atomic E-state index is 12.5. The van der Waals surface area contributed by atoms with Crippen LogP contribution in [0.5, 0.6) is 0 Å². The van der Waals surface area contributed by atoms with Crippen LogP contribution < -0.4 is 9.44 Å². The fraction of sp³-hybridized carbons (Fsp3) is 0.667. The molecule has 2 N–H and O–H groups in total. The van der Waals surface area contributed by atoms with Crippen LogP contribution in [-0.4, -0.2) is 53.5 Å². The Morgan fingerprint density at radius 2 is 1.63 bits per heavy atom. The second kappa shape index (κ2) is 8.16. The van der Waals surface area contributed by atoms with Crippen molar-refractivity contribution in [2.24, 2.45) is 5.92 Å². The first kappa shape index (κ1) is 20.7. The van der Waals surface area contributed by atoms with Crippen LogP contribution in [-0.2, 0) is 20.0 Å². The normalized spacial score (nSPS) is 23.3. The summed E-state index contributed by atoms with van der Waals surface area (Å²) in [5.74, 6) is 0.636. The van der Waals surface area contributed by atoms with E-state index in [-0.39, 0.29) is 21.9 Å². The number of likely N-dealkylation sites (tertiary alicyclic amines) is 1. The van der Waals surface area contributed by atoms with Crippen LogP contribution in [0.1, 0.15) is 39.5 Å². The molecule has 2 fully saturated rings. The molecule has 9 heteroatoms. The van der Waals surface area contributed by atoms with E-state index in [0.717, 1.165) is 32.4 Å². The lowest BCUT2D eigenvalue weighted by Gasteiger charge is -2.35. The van der Waals surface area contributed by atoms with Crippen molar-refractivity contribution in [2.75, 3.05) is 19.6 Å². The largest absolute Gasteiger partial charge is 0.299 e. The van der Waals surface area contributed by atoms with Crippen molar-refractivity contribution in [1.82, 2.24) is 14.3 Å². The highest BCUT2D eigenvalue weighted by molar-refractivity contribution is 7.90. The number of benzene rings is 1. The molecule has 2 atom stereocenters. The van der Waals surface area contributed by atoms with Crippen molar-refractivity contribution in [3.63, 3.8) is 0 Å². The van der Waals surface area contributed by atoms with Gasteiger partial charge in [-0.2, -0.15) is 0 Å². The molecule has 1 aliphatic heterocycles. The highest BCUT2D eigenvalue weighted by atomic mass is 32.2. The van der Waals surface area contributed by atoms with E-state index in [9.17, 15) is 16.8 Å². The van der Waals surface area contributed by atoms with E-state index in [4.69, 9.17) is 0 Å². The summed E-state index contributed by atoms with van der Waals surface area (Å²) in [6, 6.07) is 5.50. The zero-order valence-electron chi connectivity index (χ0n) is 15.9.